The first kappa shape index (κ1) is 36.2. The number of hydrogen-bond donors (Lipinski definition) is 0. The van der Waals surface area contributed by atoms with E-state index in [9.17, 15) is 4.79 Å². The second kappa shape index (κ2) is 33.2. The van der Waals surface area contributed by atoms with Gasteiger partial charge in [0, 0.05) is 6.42 Å². The van der Waals surface area contributed by atoms with Gasteiger partial charge < -0.3 is 4.74 Å². The van der Waals surface area contributed by atoms with E-state index < -0.39 is 0 Å². The number of ether oxygens (including phenoxy) is 1. The van der Waals surface area contributed by atoms with Crippen molar-refractivity contribution in [2.24, 2.45) is 0 Å². The highest BCUT2D eigenvalue weighted by Crippen LogP contribution is 2.14. The van der Waals surface area contributed by atoms with Crippen LogP contribution in [-0.4, -0.2) is 12.6 Å². The third-order valence-corrected chi connectivity index (χ3v) is 7.65. The van der Waals surface area contributed by atoms with E-state index >= 15 is 0 Å². The largest absolute Gasteiger partial charge is 0.466 e. The van der Waals surface area contributed by atoms with E-state index in [1.165, 1.54) is 167 Å². The Morgan fingerprint density at radius 1 is 0.432 bits per heavy atom. The average Bonchev–Trinajstić information content (AvgIpc) is 2.90. The zero-order chi connectivity index (χ0) is 26.9. The molecular weight excluding hydrogens is 452 g/mol. The fourth-order valence-electron chi connectivity index (χ4n) is 5.07. The van der Waals surface area contributed by atoms with Gasteiger partial charge >= 0.3 is 5.97 Å². The van der Waals surface area contributed by atoms with Crippen molar-refractivity contribution < 1.29 is 9.53 Å². The Kier molecular flexibility index (Phi) is 32.5. The molecule has 0 spiro atoms. The van der Waals surface area contributed by atoms with E-state index in [4.69, 9.17) is 4.74 Å². The van der Waals surface area contributed by atoms with Crippen molar-refractivity contribution >= 4 is 5.97 Å². The first-order chi connectivity index (χ1) is 18.3. The summed E-state index contributed by atoms with van der Waals surface area (Å²) in [6.07, 6.45) is 42.6. The minimum absolute atomic E-state index is 0.0202. The number of unbranched alkanes of at least 4 members (excludes halogenated alkanes) is 25. The van der Waals surface area contributed by atoms with Gasteiger partial charge in [0.1, 0.15) is 0 Å². The van der Waals surface area contributed by atoms with Gasteiger partial charge in [0.25, 0.3) is 0 Å². The Morgan fingerprint density at radius 2 is 0.757 bits per heavy atom. The van der Waals surface area contributed by atoms with Crippen LogP contribution in [0.5, 0.6) is 0 Å². The molecule has 2 nitrogen and oxygen atoms in total. The third-order valence-electron chi connectivity index (χ3n) is 7.65. The number of carbonyl (C=O) groups is 1. The van der Waals surface area contributed by atoms with Crippen LogP contribution in [0, 0.1) is 0 Å². The zero-order valence-corrected chi connectivity index (χ0v) is 25.7. The highest BCUT2D eigenvalue weighted by molar-refractivity contribution is 5.69. The van der Waals surface area contributed by atoms with Crippen molar-refractivity contribution in [2.75, 3.05) is 6.61 Å². The van der Waals surface area contributed by atoms with Crippen LogP contribution in [0.15, 0.2) is 12.2 Å². The fourth-order valence-corrected chi connectivity index (χ4v) is 5.07. The highest BCUT2D eigenvalue weighted by atomic mass is 16.5. The maximum atomic E-state index is 11.9. The van der Waals surface area contributed by atoms with Crippen LogP contribution < -0.4 is 0 Å². The maximum absolute atomic E-state index is 11.9. The molecule has 0 unspecified atom stereocenters. The Labute approximate surface area is 234 Å². The van der Waals surface area contributed by atoms with Crippen molar-refractivity contribution in [3.63, 3.8) is 0 Å². The number of carbonyl (C=O) groups excluding carboxylic acids is 1. The van der Waals surface area contributed by atoms with Gasteiger partial charge in [0.05, 0.1) is 6.61 Å². The van der Waals surface area contributed by atoms with Gasteiger partial charge in [-0.15, -0.1) is 0 Å². The molecule has 0 aromatic heterocycles. The molecule has 0 saturated heterocycles. The van der Waals surface area contributed by atoms with E-state index in [0.717, 1.165) is 12.8 Å². The molecule has 0 aliphatic heterocycles. The topological polar surface area (TPSA) is 26.3 Å². The first-order valence-corrected chi connectivity index (χ1v) is 17.1. The van der Waals surface area contributed by atoms with Crippen LogP contribution in [-0.2, 0) is 9.53 Å². The van der Waals surface area contributed by atoms with E-state index in [0.29, 0.717) is 13.0 Å². The van der Waals surface area contributed by atoms with Crippen molar-refractivity contribution in [1.82, 2.24) is 0 Å². The Hall–Kier alpha value is -0.790. The molecule has 0 fully saturated rings. The van der Waals surface area contributed by atoms with E-state index in [2.05, 4.69) is 26.0 Å². The molecule has 0 N–H and O–H groups in total. The van der Waals surface area contributed by atoms with Gasteiger partial charge in [0.15, 0.2) is 0 Å². The predicted molar refractivity (Wildman–Crippen MR) is 165 cm³/mol. The summed E-state index contributed by atoms with van der Waals surface area (Å²) in [5, 5.41) is 0. The van der Waals surface area contributed by atoms with Crippen molar-refractivity contribution in [3.8, 4) is 0 Å². The number of hydrogen-bond acceptors (Lipinski definition) is 2. The van der Waals surface area contributed by atoms with Crippen LogP contribution in [0.2, 0.25) is 0 Å². The van der Waals surface area contributed by atoms with E-state index in [-0.39, 0.29) is 5.97 Å². The summed E-state index contributed by atoms with van der Waals surface area (Å²) in [7, 11) is 0. The molecular formula is C35H68O2. The van der Waals surface area contributed by atoms with Gasteiger partial charge in [-0.2, -0.15) is 0 Å². The Balaban J connectivity index is 3.18. The molecule has 0 aromatic carbocycles. The summed E-state index contributed by atoms with van der Waals surface area (Å²) in [4.78, 5) is 11.9. The quantitative estimate of drug-likeness (QED) is 0.0516. The normalized spacial score (nSPS) is 11.5. The standard InChI is InChI=1S/C35H68O2/c1-3-5-7-9-11-13-15-17-19-21-23-25-27-29-31-33-35(36)37-34-32-30-28-26-24-22-20-18-16-14-12-10-8-6-4-2/h13,15H,3-12,14,16-34H2,1-2H3/b15-13+. The number of esters is 1. The van der Waals surface area contributed by atoms with Crippen LogP contribution in [0.3, 0.4) is 0 Å². The molecule has 37 heavy (non-hydrogen) atoms. The molecule has 0 aromatic rings. The summed E-state index contributed by atoms with van der Waals surface area (Å²) in [6.45, 7) is 5.19. The molecule has 0 aliphatic rings. The highest BCUT2D eigenvalue weighted by Gasteiger charge is 2.02. The lowest BCUT2D eigenvalue weighted by Gasteiger charge is -2.06. The van der Waals surface area contributed by atoms with Gasteiger partial charge in [-0.25, -0.2) is 0 Å². The summed E-state index contributed by atoms with van der Waals surface area (Å²) in [6, 6.07) is 0. The van der Waals surface area contributed by atoms with Crippen molar-refractivity contribution in [2.45, 2.75) is 200 Å². The minimum Gasteiger partial charge on any atom is -0.466 e. The third kappa shape index (κ3) is 33.2. The molecule has 2 heteroatoms. The molecule has 0 saturated carbocycles. The van der Waals surface area contributed by atoms with Gasteiger partial charge in [-0.05, 0) is 38.5 Å². The summed E-state index contributed by atoms with van der Waals surface area (Å²) in [5.41, 5.74) is 0. The molecule has 0 amide bonds. The molecule has 0 rings (SSSR count). The number of allylic oxidation sites excluding steroid dienone is 2. The van der Waals surface area contributed by atoms with E-state index in [1.807, 2.05) is 0 Å². The smallest absolute Gasteiger partial charge is 0.305 e. The van der Waals surface area contributed by atoms with E-state index in [1.54, 1.807) is 0 Å². The molecule has 0 atom stereocenters. The molecule has 0 radical (unpaired) electrons. The van der Waals surface area contributed by atoms with Crippen LogP contribution >= 0.6 is 0 Å². The second-order valence-corrected chi connectivity index (χ2v) is 11.5. The first-order valence-electron chi connectivity index (χ1n) is 17.1. The summed E-state index contributed by atoms with van der Waals surface area (Å²) < 4.78 is 5.43. The lowest BCUT2D eigenvalue weighted by atomic mass is 10.0. The predicted octanol–water partition coefficient (Wildman–Crippen LogP) is 12.4. The number of rotatable bonds is 31. The SMILES string of the molecule is CCCCCC/C=C/CCCCCCCCCC(=O)OCCCCCCCCCCCCCCCCC. The monoisotopic (exact) mass is 521 g/mol. The van der Waals surface area contributed by atoms with Crippen LogP contribution in [0.25, 0.3) is 0 Å². The average molecular weight is 521 g/mol. The fraction of sp³-hybridized carbons (Fsp3) is 0.914. The van der Waals surface area contributed by atoms with Crippen LogP contribution in [0.1, 0.15) is 200 Å². The lowest BCUT2D eigenvalue weighted by Crippen LogP contribution is -2.05. The van der Waals surface area contributed by atoms with Gasteiger partial charge in [-0.1, -0.05) is 167 Å². The molecule has 0 heterocycles. The van der Waals surface area contributed by atoms with Crippen molar-refractivity contribution in [3.05, 3.63) is 12.2 Å². The van der Waals surface area contributed by atoms with Crippen molar-refractivity contribution in [1.29, 1.82) is 0 Å². The van der Waals surface area contributed by atoms with Gasteiger partial charge in [0.2, 0.25) is 0 Å². The Morgan fingerprint density at radius 3 is 1.19 bits per heavy atom. The molecule has 0 aliphatic carbocycles. The molecule has 220 valence electrons. The minimum atomic E-state index is 0.0202. The van der Waals surface area contributed by atoms with Crippen LogP contribution in [0.4, 0.5) is 0 Å². The molecule has 0 bridgehead atoms. The summed E-state index contributed by atoms with van der Waals surface area (Å²) in [5.74, 6) is 0.0202. The Bertz CT molecular complexity index is 456. The zero-order valence-electron chi connectivity index (χ0n) is 25.7. The second-order valence-electron chi connectivity index (χ2n) is 11.5. The van der Waals surface area contributed by atoms with Gasteiger partial charge in [-0.3, -0.25) is 4.79 Å². The maximum Gasteiger partial charge on any atom is 0.305 e. The lowest BCUT2D eigenvalue weighted by molar-refractivity contribution is -0.143. The summed E-state index contributed by atoms with van der Waals surface area (Å²) >= 11 is 0.